The van der Waals surface area contributed by atoms with Crippen molar-refractivity contribution in [3.05, 3.63) is 51.4 Å². The molecule has 178 valence electrons. The zero-order valence-corrected chi connectivity index (χ0v) is 19.7. The van der Waals surface area contributed by atoms with E-state index in [1.54, 1.807) is 19.1 Å². The van der Waals surface area contributed by atoms with Crippen molar-refractivity contribution >= 4 is 46.0 Å². The summed E-state index contributed by atoms with van der Waals surface area (Å²) in [7, 11) is 0. The molecule has 1 aliphatic carbocycles. The number of rotatable bonds is 7. The van der Waals surface area contributed by atoms with Gasteiger partial charge in [0.15, 0.2) is 6.61 Å². The molecule has 2 aromatic rings. The van der Waals surface area contributed by atoms with Crippen molar-refractivity contribution in [2.75, 3.05) is 25.1 Å². The second kappa shape index (κ2) is 9.76. The molecule has 0 saturated heterocycles. The summed E-state index contributed by atoms with van der Waals surface area (Å²) in [6.45, 7) is 2.84. The van der Waals surface area contributed by atoms with E-state index in [0.717, 1.165) is 34.6 Å². The molecule has 0 spiro atoms. The minimum Gasteiger partial charge on any atom is -0.462 e. The Morgan fingerprint density at radius 1 is 1.12 bits per heavy atom. The summed E-state index contributed by atoms with van der Waals surface area (Å²) in [6, 6.07) is 6.28. The number of carbonyl (C=O) groups is 5. The Balaban J connectivity index is 1.38. The summed E-state index contributed by atoms with van der Waals surface area (Å²) >= 11 is 1.33. The summed E-state index contributed by atoms with van der Waals surface area (Å²) in [4.78, 5) is 63.9. The lowest BCUT2D eigenvalue weighted by Crippen LogP contribution is -2.36. The Kier molecular flexibility index (Phi) is 6.78. The Labute approximate surface area is 200 Å². The minimum absolute atomic E-state index is 0.211. The second-order valence-corrected chi connectivity index (χ2v) is 9.33. The predicted octanol–water partition coefficient (Wildman–Crippen LogP) is 2.83. The predicted molar refractivity (Wildman–Crippen MR) is 123 cm³/mol. The van der Waals surface area contributed by atoms with Gasteiger partial charge in [0.25, 0.3) is 17.7 Å². The quantitative estimate of drug-likeness (QED) is 0.474. The number of fused-ring (bicyclic) bond motifs is 2. The van der Waals surface area contributed by atoms with Crippen LogP contribution < -0.4 is 5.32 Å². The SMILES string of the molecule is CCOC(=O)c1c(NC(=O)COC(=O)CN2C(=O)c3ccccc3C2=O)sc2c1CCC(C)C2. The van der Waals surface area contributed by atoms with E-state index < -0.39 is 42.8 Å². The van der Waals surface area contributed by atoms with Crippen molar-refractivity contribution in [2.24, 2.45) is 5.92 Å². The average molecular weight is 485 g/mol. The molecule has 1 aliphatic heterocycles. The second-order valence-electron chi connectivity index (χ2n) is 8.23. The highest BCUT2D eigenvalue weighted by Gasteiger charge is 2.36. The smallest absolute Gasteiger partial charge is 0.341 e. The highest BCUT2D eigenvalue weighted by molar-refractivity contribution is 7.17. The average Bonchev–Trinajstić information content (AvgIpc) is 3.27. The van der Waals surface area contributed by atoms with Gasteiger partial charge in [0, 0.05) is 4.88 Å². The standard InChI is InChI=1S/C24H24N2O7S/c1-3-32-24(31)20-16-9-8-13(2)10-17(16)34-21(20)25-18(27)12-33-19(28)11-26-22(29)14-6-4-5-7-15(14)23(26)30/h4-7,13H,3,8-12H2,1-2H3,(H,25,27). The topological polar surface area (TPSA) is 119 Å². The van der Waals surface area contributed by atoms with Gasteiger partial charge in [-0.2, -0.15) is 0 Å². The van der Waals surface area contributed by atoms with Gasteiger partial charge in [-0.15, -0.1) is 11.3 Å². The number of benzene rings is 1. The number of nitrogens with one attached hydrogen (secondary N) is 1. The highest BCUT2D eigenvalue weighted by atomic mass is 32.1. The number of amides is 3. The third-order valence-corrected chi connectivity index (χ3v) is 6.94. The molecule has 4 rings (SSSR count). The number of anilines is 1. The molecule has 10 heteroatoms. The van der Waals surface area contributed by atoms with E-state index in [0.29, 0.717) is 16.5 Å². The molecular formula is C24H24N2O7S. The van der Waals surface area contributed by atoms with E-state index in [4.69, 9.17) is 9.47 Å². The van der Waals surface area contributed by atoms with E-state index in [2.05, 4.69) is 12.2 Å². The molecule has 0 fully saturated rings. The molecule has 1 N–H and O–H groups in total. The lowest BCUT2D eigenvalue weighted by Gasteiger charge is -2.18. The van der Waals surface area contributed by atoms with Crippen LogP contribution in [-0.4, -0.2) is 54.3 Å². The van der Waals surface area contributed by atoms with Crippen LogP contribution >= 0.6 is 11.3 Å². The van der Waals surface area contributed by atoms with Crippen LogP contribution in [0.5, 0.6) is 0 Å². The third-order valence-electron chi connectivity index (χ3n) is 5.77. The Hall–Kier alpha value is -3.53. The minimum atomic E-state index is -0.894. The van der Waals surface area contributed by atoms with Crippen LogP contribution in [0.25, 0.3) is 0 Å². The number of carbonyl (C=O) groups excluding carboxylic acids is 5. The molecule has 2 aliphatic rings. The van der Waals surface area contributed by atoms with Crippen molar-refractivity contribution in [1.29, 1.82) is 0 Å². The fraction of sp³-hybridized carbons (Fsp3) is 0.375. The van der Waals surface area contributed by atoms with Gasteiger partial charge in [-0.3, -0.25) is 24.1 Å². The molecule has 9 nitrogen and oxygen atoms in total. The Morgan fingerprint density at radius 3 is 2.44 bits per heavy atom. The van der Waals surface area contributed by atoms with E-state index in [-0.39, 0.29) is 17.7 Å². The van der Waals surface area contributed by atoms with Crippen molar-refractivity contribution in [2.45, 2.75) is 33.1 Å². The molecule has 0 bridgehead atoms. The van der Waals surface area contributed by atoms with Gasteiger partial charge in [0.05, 0.1) is 23.3 Å². The maximum Gasteiger partial charge on any atom is 0.341 e. The fourth-order valence-corrected chi connectivity index (χ4v) is 5.54. The molecule has 1 aromatic heterocycles. The van der Waals surface area contributed by atoms with Crippen LogP contribution in [0.4, 0.5) is 5.00 Å². The number of hydrogen-bond donors (Lipinski definition) is 1. The summed E-state index contributed by atoms with van der Waals surface area (Å²) in [5.41, 5.74) is 1.71. The molecule has 1 unspecified atom stereocenters. The molecule has 34 heavy (non-hydrogen) atoms. The summed E-state index contributed by atoms with van der Waals surface area (Å²) < 4.78 is 10.2. The Morgan fingerprint density at radius 2 is 1.79 bits per heavy atom. The maximum atomic E-state index is 12.6. The van der Waals surface area contributed by atoms with E-state index >= 15 is 0 Å². The monoisotopic (exact) mass is 484 g/mol. The van der Waals surface area contributed by atoms with Gasteiger partial charge in [-0.1, -0.05) is 19.1 Å². The van der Waals surface area contributed by atoms with Crippen LogP contribution in [0.2, 0.25) is 0 Å². The van der Waals surface area contributed by atoms with Crippen LogP contribution in [0.1, 0.15) is 61.8 Å². The first-order valence-electron chi connectivity index (χ1n) is 11.0. The largest absolute Gasteiger partial charge is 0.462 e. The van der Waals surface area contributed by atoms with Gasteiger partial charge in [0.2, 0.25) is 0 Å². The molecule has 2 heterocycles. The van der Waals surface area contributed by atoms with E-state index in [1.807, 2.05) is 0 Å². The number of hydrogen-bond acceptors (Lipinski definition) is 8. The van der Waals surface area contributed by atoms with Crippen molar-refractivity contribution in [1.82, 2.24) is 4.90 Å². The normalized spacial score (nSPS) is 16.6. The van der Waals surface area contributed by atoms with Crippen LogP contribution in [0, 0.1) is 5.92 Å². The van der Waals surface area contributed by atoms with Crippen molar-refractivity contribution in [3.63, 3.8) is 0 Å². The summed E-state index contributed by atoms with van der Waals surface area (Å²) in [5, 5.41) is 3.03. The molecule has 1 aromatic carbocycles. The molecule has 1 atom stereocenters. The van der Waals surface area contributed by atoms with Crippen molar-refractivity contribution in [3.8, 4) is 0 Å². The third kappa shape index (κ3) is 4.58. The van der Waals surface area contributed by atoms with Gasteiger partial charge in [0.1, 0.15) is 11.5 Å². The van der Waals surface area contributed by atoms with Gasteiger partial charge in [-0.25, -0.2) is 4.79 Å². The summed E-state index contributed by atoms with van der Waals surface area (Å²) in [6.07, 6.45) is 2.49. The molecule has 0 saturated carbocycles. The zero-order chi connectivity index (χ0) is 24.4. The van der Waals surface area contributed by atoms with Gasteiger partial charge >= 0.3 is 11.9 Å². The van der Waals surface area contributed by atoms with Crippen LogP contribution in [0.15, 0.2) is 24.3 Å². The number of nitrogens with zero attached hydrogens (tertiary/aromatic N) is 1. The lowest BCUT2D eigenvalue weighted by molar-refractivity contribution is -0.147. The van der Waals surface area contributed by atoms with Gasteiger partial charge < -0.3 is 14.8 Å². The highest BCUT2D eigenvalue weighted by Crippen LogP contribution is 2.40. The van der Waals surface area contributed by atoms with Crippen LogP contribution in [0.3, 0.4) is 0 Å². The molecular weight excluding hydrogens is 460 g/mol. The zero-order valence-electron chi connectivity index (χ0n) is 18.8. The number of esters is 2. The number of imide groups is 1. The fourth-order valence-electron chi connectivity index (χ4n) is 4.12. The summed E-state index contributed by atoms with van der Waals surface area (Å²) in [5.74, 6) is -2.71. The van der Waals surface area contributed by atoms with E-state index in [1.165, 1.54) is 23.5 Å². The first-order chi connectivity index (χ1) is 16.3. The van der Waals surface area contributed by atoms with Gasteiger partial charge in [-0.05, 0) is 49.8 Å². The number of thiophene rings is 1. The molecule has 3 amide bonds. The maximum absolute atomic E-state index is 12.6. The van der Waals surface area contributed by atoms with Crippen molar-refractivity contribution < 1.29 is 33.4 Å². The Bertz CT molecular complexity index is 1150. The lowest BCUT2D eigenvalue weighted by atomic mass is 9.88. The van der Waals surface area contributed by atoms with Crippen LogP contribution in [-0.2, 0) is 31.9 Å². The first kappa shape index (κ1) is 23.6. The first-order valence-corrected chi connectivity index (χ1v) is 11.8. The number of ether oxygens (including phenoxy) is 2. The molecule has 0 radical (unpaired) electrons. The van der Waals surface area contributed by atoms with E-state index in [9.17, 15) is 24.0 Å².